The van der Waals surface area contributed by atoms with Crippen molar-refractivity contribution in [3.63, 3.8) is 0 Å². The molecule has 1 amide bonds. The molecule has 2 aromatic heterocycles. The molecule has 0 atom stereocenters. The molecule has 0 fully saturated rings. The van der Waals surface area contributed by atoms with Gasteiger partial charge in [-0.2, -0.15) is 4.39 Å². The van der Waals surface area contributed by atoms with Crippen molar-refractivity contribution in [2.45, 2.75) is 65.2 Å². The van der Waals surface area contributed by atoms with Crippen molar-refractivity contribution in [3.05, 3.63) is 46.3 Å². The van der Waals surface area contributed by atoms with E-state index in [0.29, 0.717) is 51.3 Å². The zero-order valence-corrected chi connectivity index (χ0v) is 21.8. The maximum atomic E-state index is 14.0. The Balaban J connectivity index is 1.98. The number of carbonyl (C=O) groups excluding carboxylic acids is 1. The Kier molecular flexibility index (Phi) is 6.63. The van der Waals surface area contributed by atoms with E-state index in [2.05, 4.69) is 4.98 Å². The van der Waals surface area contributed by atoms with Gasteiger partial charge in [0, 0.05) is 11.6 Å². The number of halogens is 1. The topological polar surface area (TPSA) is 117 Å². The molecule has 3 aromatic rings. The number of benzene rings is 1. The number of ether oxygens (including phenoxy) is 2. The van der Waals surface area contributed by atoms with E-state index in [9.17, 15) is 24.5 Å². The molecule has 11 heteroatoms. The first-order valence-electron chi connectivity index (χ1n) is 11.5. The van der Waals surface area contributed by atoms with E-state index in [-0.39, 0.29) is 11.8 Å². The summed E-state index contributed by atoms with van der Waals surface area (Å²) in [5, 5.41) is 29.6. The van der Waals surface area contributed by atoms with Gasteiger partial charge in [0.2, 0.25) is 0 Å². The highest BCUT2D eigenvalue weighted by Gasteiger charge is 2.44. The number of rotatable bonds is 6. The van der Waals surface area contributed by atoms with Gasteiger partial charge in [-0.25, -0.2) is 4.98 Å². The average molecular weight is 520 g/mol. The molecule has 3 heterocycles. The maximum absolute atomic E-state index is 14.0. The number of aliphatic hydroxyl groups is 3. The molecule has 1 aromatic carbocycles. The van der Waals surface area contributed by atoms with Gasteiger partial charge in [0.1, 0.15) is 0 Å². The van der Waals surface area contributed by atoms with Crippen molar-refractivity contribution < 1.29 is 34.0 Å². The lowest BCUT2D eigenvalue weighted by Gasteiger charge is -2.40. The molecule has 0 saturated carbocycles. The summed E-state index contributed by atoms with van der Waals surface area (Å²) in [6, 6.07) is 6.56. The Morgan fingerprint density at radius 1 is 1.17 bits per heavy atom. The van der Waals surface area contributed by atoms with Crippen molar-refractivity contribution in [3.8, 4) is 27.9 Å². The van der Waals surface area contributed by atoms with E-state index in [4.69, 9.17) is 9.47 Å². The number of aryl methyl sites for hydroxylation is 1. The molecule has 0 aliphatic carbocycles. The number of aromatic nitrogens is 2. The number of thiophene rings is 1. The van der Waals surface area contributed by atoms with Gasteiger partial charge in [0.25, 0.3) is 5.91 Å². The fraction of sp³-hybridized carbons (Fsp3) is 0.440. The minimum absolute atomic E-state index is 0.0666. The molecule has 0 unspecified atom stereocenters. The molecule has 36 heavy (non-hydrogen) atoms. The third kappa shape index (κ3) is 4.71. The number of carbonyl (C=O) groups is 1. The van der Waals surface area contributed by atoms with Crippen LogP contribution in [0.5, 0.6) is 11.5 Å². The summed E-state index contributed by atoms with van der Waals surface area (Å²) in [4.78, 5) is 19.2. The number of fused-ring (bicyclic) bond motifs is 3. The molecular weight excluding hydrogens is 489 g/mol. The number of hydrogen-bond donors (Lipinski definition) is 3. The van der Waals surface area contributed by atoms with Crippen molar-refractivity contribution in [2.75, 3.05) is 7.11 Å². The highest BCUT2D eigenvalue weighted by molar-refractivity contribution is 7.13. The molecule has 0 saturated heterocycles. The zero-order chi connectivity index (χ0) is 26.6. The number of methoxy groups -OCH3 is 1. The van der Waals surface area contributed by atoms with Crippen LogP contribution in [0.4, 0.5) is 4.39 Å². The van der Waals surface area contributed by atoms with Gasteiger partial charge >= 0.3 is 6.10 Å². The van der Waals surface area contributed by atoms with Gasteiger partial charge in [-0.05, 0) is 71.2 Å². The van der Waals surface area contributed by atoms with E-state index < -0.39 is 22.7 Å². The average Bonchev–Trinajstić information content (AvgIpc) is 3.34. The van der Waals surface area contributed by atoms with Crippen LogP contribution in [0.1, 0.15) is 56.4 Å². The van der Waals surface area contributed by atoms with Gasteiger partial charge in [-0.1, -0.05) is 0 Å². The van der Waals surface area contributed by atoms with Gasteiger partial charge in [-0.15, -0.1) is 11.3 Å². The quantitative estimate of drug-likeness (QED) is 0.427. The van der Waals surface area contributed by atoms with E-state index in [1.54, 1.807) is 44.6 Å². The van der Waals surface area contributed by atoms with Gasteiger partial charge in [0.15, 0.2) is 28.1 Å². The molecule has 1 aliphatic heterocycles. The van der Waals surface area contributed by atoms with Crippen LogP contribution in [0.25, 0.3) is 16.4 Å². The third-order valence-corrected chi connectivity index (χ3v) is 6.61. The molecule has 0 bridgehead atoms. The van der Waals surface area contributed by atoms with Crippen molar-refractivity contribution in [1.29, 1.82) is 0 Å². The van der Waals surface area contributed by atoms with Gasteiger partial charge < -0.3 is 24.8 Å². The fourth-order valence-electron chi connectivity index (χ4n) is 4.47. The van der Waals surface area contributed by atoms with Gasteiger partial charge in [-0.3, -0.25) is 14.3 Å². The van der Waals surface area contributed by atoms with Crippen molar-refractivity contribution >= 4 is 17.2 Å². The first kappa shape index (κ1) is 26.1. The SMILES string of the molecule is COc1cc2c(cc1OC(C)C)-n1c(-c3ccc(F)s3)nc(C(=O)N(C(C)(C)C)C(O)(O)O)c1CC2. The van der Waals surface area contributed by atoms with E-state index >= 15 is 0 Å². The summed E-state index contributed by atoms with van der Waals surface area (Å²) >= 11 is 0.876. The van der Waals surface area contributed by atoms with E-state index in [1.165, 1.54) is 6.07 Å². The minimum Gasteiger partial charge on any atom is -0.493 e. The van der Waals surface area contributed by atoms with E-state index in [0.717, 1.165) is 16.9 Å². The monoisotopic (exact) mass is 519 g/mol. The van der Waals surface area contributed by atoms with Crippen LogP contribution in [0.15, 0.2) is 24.3 Å². The standard InChI is InChI=1S/C25H30FN3O6S/c1-13(2)35-18-12-16-14(11-17(18)34-6)7-8-15-21(23(30)29(24(3,4)5)25(31,32)33)27-22(28(15)16)19-9-10-20(26)36-19/h9-13,31-33H,7-8H2,1-6H3. The Bertz CT molecular complexity index is 1290. The molecule has 4 rings (SSSR count). The lowest BCUT2D eigenvalue weighted by molar-refractivity contribution is -0.391. The van der Waals surface area contributed by atoms with Crippen LogP contribution in [0, 0.1) is 5.13 Å². The first-order valence-corrected chi connectivity index (χ1v) is 12.3. The summed E-state index contributed by atoms with van der Waals surface area (Å²) in [5.74, 6) is 0.505. The highest BCUT2D eigenvalue weighted by Crippen LogP contribution is 2.41. The Morgan fingerprint density at radius 3 is 2.39 bits per heavy atom. The second-order valence-corrected chi connectivity index (χ2v) is 10.9. The van der Waals surface area contributed by atoms with Crippen molar-refractivity contribution in [1.82, 2.24) is 14.5 Å². The Labute approximate surface area is 212 Å². The van der Waals surface area contributed by atoms with Crippen molar-refractivity contribution in [2.24, 2.45) is 0 Å². The third-order valence-electron chi connectivity index (χ3n) is 5.74. The summed E-state index contributed by atoms with van der Waals surface area (Å²) in [7, 11) is 1.56. The second kappa shape index (κ2) is 9.15. The molecular formula is C25H30FN3O6S. The largest absolute Gasteiger partial charge is 0.493 e. The van der Waals surface area contributed by atoms with Crippen LogP contribution < -0.4 is 9.47 Å². The zero-order valence-electron chi connectivity index (χ0n) is 21.0. The lowest BCUT2D eigenvalue weighted by Crippen LogP contribution is -2.60. The molecule has 194 valence electrons. The van der Waals surface area contributed by atoms with E-state index in [1.807, 2.05) is 19.9 Å². The number of hydrogen-bond acceptors (Lipinski definition) is 8. The number of imidazole rings is 1. The molecule has 0 spiro atoms. The molecule has 0 radical (unpaired) electrons. The molecule has 9 nitrogen and oxygen atoms in total. The normalized spacial score (nSPS) is 13.4. The summed E-state index contributed by atoms with van der Waals surface area (Å²) in [5.41, 5.74) is 0.866. The molecule has 3 N–H and O–H groups in total. The summed E-state index contributed by atoms with van der Waals surface area (Å²) < 4.78 is 27.3. The lowest BCUT2D eigenvalue weighted by atomic mass is 9.98. The predicted molar refractivity (Wildman–Crippen MR) is 132 cm³/mol. The fourth-order valence-corrected chi connectivity index (χ4v) is 5.18. The highest BCUT2D eigenvalue weighted by atomic mass is 32.1. The number of amides is 1. The summed E-state index contributed by atoms with van der Waals surface area (Å²) in [6.45, 7) is 8.45. The summed E-state index contributed by atoms with van der Waals surface area (Å²) in [6.07, 6.45) is -2.62. The van der Waals surface area contributed by atoms with Crippen LogP contribution in [-0.4, -0.2) is 60.5 Å². The molecule has 1 aliphatic rings. The smallest absolute Gasteiger partial charge is 0.372 e. The van der Waals surface area contributed by atoms with Crippen LogP contribution in [0.2, 0.25) is 0 Å². The Morgan fingerprint density at radius 2 is 1.86 bits per heavy atom. The van der Waals surface area contributed by atoms with Crippen LogP contribution in [-0.2, 0) is 12.8 Å². The second-order valence-electron chi connectivity index (χ2n) is 9.88. The Hall–Kier alpha value is -2.99. The van der Waals surface area contributed by atoms with Crippen LogP contribution >= 0.6 is 11.3 Å². The number of nitrogens with zero attached hydrogens (tertiary/aromatic N) is 3. The maximum Gasteiger partial charge on any atom is 0.372 e. The first-order chi connectivity index (χ1) is 16.7. The van der Waals surface area contributed by atoms with Crippen LogP contribution in [0.3, 0.4) is 0 Å². The predicted octanol–water partition coefficient (Wildman–Crippen LogP) is 3.46. The van der Waals surface area contributed by atoms with Gasteiger partial charge in [0.05, 0.1) is 29.5 Å². The minimum atomic E-state index is -3.42.